The minimum absolute atomic E-state index is 0.0254. The number of nitrogens with zero attached hydrogens (tertiary/aromatic N) is 7. The molecule has 19 nitrogen and oxygen atoms in total. The highest BCUT2D eigenvalue weighted by Crippen LogP contribution is 2.39. The number of piperidine rings is 2. The molecule has 5 N–H and O–H groups in total. The monoisotopic (exact) mass is 980 g/mol. The lowest BCUT2D eigenvalue weighted by Gasteiger charge is -2.39. The SMILES string of the molecule is CCNC(=O)c1nnc(-c2cc(C(C)C)c(O)cc2O)n1-c1ccc(CN2CCC(C(=O)N3CCN(c4cc(C)c(OC(=O)Nc5cccc6c5CN(C5CCC(=O)NC5=O)C6=O)c(C)c4)CC3)CC2)cc1. The van der Waals surface area contributed by atoms with Gasteiger partial charge in [-0.1, -0.05) is 32.0 Å². The van der Waals surface area contributed by atoms with Gasteiger partial charge in [0.05, 0.1) is 5.56 Å². The van der Waals surface area contributed by atoms with Crippen LogP contribution in [0, 0.1) is 19.8 Å². The summed E-state index contributed by atoms with van der Waals surface area (Å²) in [6.45, 7) is 14.7. The third-order valence-corrected chi connectivity index (χ3v) is 14.2. The van der Waals surface area contributed by atoms with E-state index in [-0.39, 0.29) is 72.1 Å². The van der Waals surface area contributed by atoms with E-state index in [1.54, 1.807) is 28.8 Å². The molecule has 4 aromatic carbocycles. The molecular formula is C53H60N10O9. The van der Waals surface area contributed by atoms with Crippen LogP contribution in [-0.2, 0) is 27.5 Å². The van der Waals surface area contributed by atoms with Crippen molar-refractivity contribution in [1.29, 1.82) is 0 Å². The summed E-state index contributed by atoms with van der Waals surface area (Å²) in [5, 5.41) is 37.8. The number of rotatable bonds is 12. The van der Waals surface area contributed by atoms with Crippen LogP contribution in [0.15, 0.2) is 66.7 Å². The Kier molecular flexibility index (Phi) is 14.0. The standard InChI is InChI=1S/C53H60N10O9/c1-6-54-50(68)48-58-57-47(39-26-38(30(2)3)43(64)27-44(39)65)63(48)35-12-10-33(11-13-35)28-59-18-16-34(17-19-59)51(69)61-22-20-60(21-23-61)36-24-31(4)46(32(5)25-36)72-53(71)55-41-9-7-8-37-40(41)29-62(52(37)70)42-14-15-45(66)56-49(42)67/h7-13,24-27,30,34,42,64-65H,6,14-23,28-29H2,1-5H3,(H,54,68)(H,55,71)(H,56,66,67). The number of nitrogens with one attached hydrogen (secondary N) is 3. The first-order valence-corrected chi connectivity index (χ1v) is 24.6. The van der Waals surface area contributed by atoms with Gasteiger partial charge in [-0.15, -0.1) is 10.2 Å². The molecule has 3 saturated heterocycles. The van der Waals surface area contributed by atoms with Crippen molar-refractivity contribution in [3.8, 4) is 34.3 Å². The van der Waals surface area contributed by atoms with Crippen LogP contribution < -0.4 is 25.6 Å². The zero-order valence-corrected chi connectivity index (χ0v) is 41.2. The number of carbonyl (C=O) groups is 6. The molecule has 9 rings (SSSR count). The van der Waals surface area contributed by atoms with Crippen LogP contribution in [0.1, 0.15) is 101 Å². The van der Waals surface area contributed by atoms with E-state index in [0.717, 1.165) is 48.3 Å². The molecule has 0 saturated carbocycles. The number of carbonyl (C=O) groups excluding carboxylic acids is 6. The summed E-state index contributed by atoms with van der Waals surface area (Å²) in [5.41, 5.74) is 6.53. The third-order valence-electron chi connectivity index (χ3n) is 14.2. The number of aryl methyl sites for hydroxylation is 2. The number of aromatic nitrogens is 3. The van der Waals surface area contributed by atoms with Gasteiger partial charge in [-0.25, -0.2) is 4.79 Å². The summed E-state index contributed by atoms with van der Waals surface area (Å²) in [5.74, 6) is -0.973. The maximum Gasteiger partial charge on any atom is 0.417 e. The Balaban J connectivity index is 0.766. The Bertz CT molecular complexity index is 2930. The van der Waals surface area contributed by atoms with Crippen LogP contribution in [0.5, 0.6) is 17.2 Å². The molecule has 6 amide bonds. The summed E-state index contributed by atoms with van der Waals surface area (Å²) in [4.78, 5) is 85.8. The maximum atomic E-state index is 13.8. The van der Waals surface area contributed by atoms with Crippen molar-refractivity contribution in [3.05, 3.63) is 106 Å². The number of anilines is 2. The van der Waals surface area contributed by atoms with Crippen molar-refractivity contribution in [2.75, 3.05) is 56.0 Å². The number of phenols is 2. The Morgan fingerprint density at radius 3 is 2.21 bits per heavy atom. The Labute approximate surface area is 417 Å². The van der Waals surface area contributed by atoms with Gasteiger partial charge >= 0.3 is 6.09 Å². The minimum atomic E-state index is -0.774. The van der Waals surface area contributed by atoms with Crippen molar-refractivity contribution in [1.82, 2.24) is 40.1 Å². The predicted octanol–water partition coefficient (Wildman–Crippen LogP) is 5.77. The largest absolute Gasteiger partial charge is 0.508 e. The molecule has 0 spiro atoms. The number of ether oxygens (including phenoxy) is 1. The van der Waals surface area contributed by atoms with E-state index in [9.17, 15) is 39.0 Å². The summed E-state index contributed by atoms with van der Waals surface area (Å²) >= 11 is 0. The smallest absolute Gasteiger partial charge is 0.417 e. The van der Waals surface area contributed by atoms with Gasteiger partial charge < -0.3 is 35.0 Å². The molecule has 1 aromatic heterocycles. The lowest BCUT2D eigenvalue weighted by atomic mass is 9.94. The molecule has 5 aromatic rings. The number of piperazine rings is 1. The number of hydrogen-bond acceptors (Lipinski definition) is 13. The topological polar surface area (TPSA) is 232 Å². The summed E-state index contributed by atoms with van der Waals surface area (Å²) in [7, 11) is 0. The van der Waals surface area contributed by atoms with E-state index in [1.165, 1.54) is 11.0 Å². The fraction of sp³-hybridized carbons (Fsp3) is 0.396. The molecule has 5 heterocycles. The van der Waals surface area contributed by atoms with E-state index in [1.807, 2.05) is 75.9 Å². The third kappa shape index (κ3) is 9.93. The average Bonchev–Trinajstić information content (AvgIpc) is 3.95. The maximum absolute atomic E-state index is 13.8. The molecule has 1 unspecified atom stereocenters. The number of likely N-dealkylation sites (tertiary alicyclic amines) is 1. The lowest BCUT2D eigenvalue weighted by molar-refractivity contribution is -0.138. The van der Waals surface area contributed by atoms with Crippen LogP contribution >= 0.6 is 0 Å². The zero-order valence-electron chi connectivity index (χ0n) is 41.2. The van der Waals surface area contributed by atoms with Gasteiger partial charge in [0.2, 0.25) is 23.5 Å². The number of phenolic OH excluding ortho intramolecular Hbond substituents is 2. The van der Waals surface area contributed by atoms with Crippen LogP contribution in [0.3, 0.4) is 0 Å². The van der Waals surface area contributed by atoms with Crippen LogP contribution in [0.2, 0.25) is 0 Å². The fourth-order valence-corrected chi connectivity index (χ4v) is 10.3. The lowest BCUT2D eigenvalue weighted by Crippen LogP contribution is -2.52. The fourth-order valence-electron chi connectivity index (χ4n) is 10.3. The Hall–Kier alpha value is -7.80. The molecule has 19 heteroatoms. The second-order valence-electron chi connectivity index (χ2n) is 19.3. The van der Waals surface area contributed by atoms with Crippen molar-refractivity contribution in [2.24, 2.45) is 5.92 Å². The molecule has 4 aliphatic heterocycles. The van der Waals surface area contributed by atoms with E-state index >= 15 is 0 Å². The molecule has 0 aliphatic carbocycles. The van der Waals surface area contributed by atoms with Crippen molar-refractivity contribution in [3.63, 3.8) is 0 Å². The molecule has 0 bridgehead atoms. The number of aromatic hydroxyl groups is 2. The quantitative estimate of drug-likeness (QED) is 0.0937. The van der Waals surface area contributed by atoms with Crippen molar-refractivity contribution >= 4 is 47.0 Å². The number of hydrogen-bond donors (Lipinski definition) is 5. The van der Waals surface area contributed by atoms with E-state index in [4.69, 9.17) is 4.74 Å². The second kappa shape index (κ2) is 20.5. The molecule has 376 valence electrons. The first kappa shape index (κ1) is 49.2. The average molecular weight is 981 g/mol. The summed E-state index contributed by atoms with van der Waals surface area (Å²) in [6, 6.07) is 18.9. The van der Waals surface area contributed by atoms with Gasteiger partial charge in [0, 0.05) is 92.4 Å². The minimum Gasteiger partial charge on any atom is -0.508 e. The number of fused-ring (bicyclic) bond motifs is 1. The van der Waals surface area contributed by atoms with Gasteiger partial charge in [0.1, 0.15) is 23.3 Å². The van der Waals surface area contributed by atoms with Crippen molar-refractivity contribution < 1.29 is 43.7 Å². The summed E-state index contributed by atoms with van der Waals surface area (Å²) in [6.07, 6.45) is 1.17. The highest BCUT2D eigenvalue weighted by Gasteiger charge is 2.40. The molecule has 3 fully saturated rings. The molecule has 0 radical (unpaired) electrons. The highest BCUT2D eigenvalue weighted by atomic mass is 16.6. The second-order valence-corrected chi connectivity index (χ2v) is 19.3. The first-order valence-electron chi connectivity index (χ1n) is 24.6. The van der Waals surface area contributed by atoms with E-state index in [0.29, 0.717) is 78.6 Å². The molecule has 4 aliphatic rings. The normalized spacial score (nSPS) is 17.6. The summed E-state index contributed by atoms with van der Waals surface area (Å²) < 4.78 is 7.47. The van der Waals surface area contributed by atoms with Crippen LogP contribution in [0.25, 0.3) is 17.1 Å². The van der Waals surface area contributed by atoms with Gasteiger partial charge in [0.15, 0.2) is 5.82 Å². The van der Waals surface area contributed by atoms with E-state index < -0.39 is 23.9 Å². The molecule has 1 atom stereocenters. The molecule has 72 heavy (non-hydrogen) atoms. The zero-order chi connectivity index (χ0) is 51.0. The van der Waals surface area contributed by atoms with Gasteiger partial charge in [0.25, 0.3) is 11.8 Å². The number of amides is 6. The van der Waals surface area contributed by atoms with Crippen LogP contribution in [0.4, 0.5) is 16.2 Å². The van der Waals surface area contributed by atoms with E-state index in [2.05, 4.69) is 35.9 Å². The van der Waals surface area contributed by atoms with Crippen molar-refractivity contribution in [2.45, 2.75) is 85.4 Å². The highest BCUT2D eigenvalue weighted by molar-refractivity contribution is 6.06. The number of imide groups is 1. The van der Waals surface area contributed by atoms with Gasteiger partial charge in [-0.3, -0.25) is 44.1 Å². The molecular weight excluding hydrogens is 921 g/mol. The van der Waals surface area contributed by atoms with Crippen LogP contribution in [-0.4, -0.2) is 127 Å². The Morgan fingerprint density at radius 2 is 1.54 bits per heavy atom. The van der Waals surface area contributed by atoms with Gasteiger partial charge in [-0.05, 0) is 124 Å². The Morgan fingerprint density at radius 1 is 0.833 bits per heavy atom. The first-order chi connectivity index (χ1) is 34.6. The number of benzene rings is 4. The predicted molar refractivity (Wildman–Crippen MR) is 267 cm³/mol. The van der Waals surface area contributed by atoms with Gasteiger partial charge in [-0.2, -0.15) is 0 Å².